The van der Waals surface area contributed by atoms with Crippen molar-refractivity contribution in [2.75, 3.05) is 5.32 Å². The van der Waals surface area contributed by atoms with E-state index in [1.165, 1.54) is 36.4 Å². The first kappa shape index (κ1) is 15.6. The van der Waals surface area contributed by atoms with E-state index in [2.05, 4.69) is 15.6 Å². The molecule has 8 heteroatoms. The summed E-state index contributed by atoms with van der Waals surface area (Å²) < 4.78 is 12.8. The predicted octanol–water partition coefficient (Wildman–Crippen LogP) is 3.65. The molecule has 0 saturated heterocycles. The molecule has 0 unspecified atom stereocenters. The predicted molar refractivity (Wildman–Crippen MR) is 84.3 cm³/mol. The Bertz CT molecular complexity index is 674. The number of amides is 1. The summed E-state index contributed by atoms with van der Waals surface area (Å²) in [6.45, 7) is 0. The molecule has 0 radical (unpaired) electrons. The molecule has 2 rings (SSSR count). The maximum Gasteiger partial charge on any atom is 0.257 e. The van der Waals surface area contributed by atoms with E-state index in [1.54, 1.807) is 0 Å². The Hall–Kier alpha value is -1.76. The SMILES string of the molecule is O=C(NC(=S)Nc1ccc(F)cc1)c1cc(Cl)nc(Cl)c1. The Morgan fingerprint density at radius 1 is 1.14 bits per heavy atom. The fourth-order valence-corrected chi connectivity index (χ4v) is 2.14. The quantitative estimate of drug-likeness (QED) is 0.645. The van der Waals surface area contributed by atoms with Crippen molar-refractivity contribution in [3.8, 4) is 0 Å². The Morgan fingerprint density at radius 3 is 2.29 bits per heavy atom. The lowest BCUT2D eigenvalue weighted by Crippen LogP contribution is -2.34. The number of anilines is 1. The highest BCUT2D eigenvalue weighted by Gasteiger charge is 2.10. The van der Waals surface area contributed by atoms with Gasteiger partial charge in [0.1, 0.15) is 16.1 Å². The van der Waals surface area contributed by atoms with Gasteiger partial charge in [0, 0.05) is 11.3 Å². The number of thiocarbonyl (C=S) groups is 1. The Kier molecular flexibility index (Phi) is 5.06. The number of carbonyl (C=O) groups is 1. The van der Waals surface area contributed by atoms with Gasteiger partial charge in [-0.2, -0.15) is 0 Å². The van der Waals surface area contributed by atoms with E-state index in [-0.39, 0.29) is 26.8 Å². The Balaban J connectivity index is 2.01. The van der Waals surface area contributed by atoms with Crippen LogP contribution in [-0.4, -0.2) is 16.0 Å². The zero-order valence-electron chi connectivity index (χ0n) is 10.4. The molecule has 1 aromatic carbocycles. The maximum atomic E-state index is 12.8. The number of nitrogens with one attached hydrogen (secondary N) is 2. The molecule has 0 aliphatic carbocycles. The van der Waals surface area contributed by atoms with Gasteiger partial charge in [0.15, 0.2) is 5.11 Å². The van der Waals surface area contributed by atoms with Gasteiger partial charge in [0.05, 0.1) is 0 Å². The summed E-state index contributed by atoms with van der Waals surface area (Å²) in [5.74, 6) is -0.850. The smallest absolute Gasteiger partial charge is 0.257 e. The molecule has 2 N–H and O–H groups in total. The number of hydrogen-bond acceptors (Lipinski definition) is 3. The molecule has 0 spiro atoms. The topological polar surface area (TPSA) is 54.0 Å². The number of rotatable bonds is 2. The lowest BCUT2D eigenvalue weighted by Gasteiger charge is -2.09. The molecule has 0 aliphatic heterocycles. The van der Waals surface area contributed by atoms with Crippen LogP contribution < -0.4 is 10.6 Å². The van der Waals surface area contributed by atoms with Crippen LogP contribution in [0.25, 0.3) is 0 Å². The monoisotopic (exact) mass is 343 g/mol. The summed E-state index contributed by atoms with van der Waals surface area (Å²) >= 11 is 16.4. The van der Waals surface area contributed by atoms with Gasteiger partial charge in [-0.1, -0.05) is 23.2 Å². The highest BCUT2D eigenvalue weighted by molar-refractivity contribution is 7.80. The summed E-state index contributed by atoms with van der Waals surface area (Å²) in [5.41, 5.74) is 0.774. The van der Waals surface area contributed by atoms with Gasteiger partial charge in [0.2, 0.25) is 0 Å². The van der Waals surface area contributed by atoms with Crippen LogP contribution >= 0.6 is 35.4 Å². The first-order valence-electron chi connectivity index (χ1n) is 5.65. The van der Waals surface area contributed by atoms with Crippen LogP contribution in [0.1, 0.15) is 10.4 Å². The molecular weight excluding hydrogens is 336 g/mol. The summed E-state index contributed by atoms with van der Waals surface area (Å²) in [7, 11) is 0. The minimum absolute atomic E-state index is 0.0654. The number of carbonyl (C=O) groups excluding carboxylic acids is 1. The fourth-order valence-electron chi connectivity index (χ4n) is 1.47. The van der Waals surface area contributed by atoms with E-state index in [0.717, 1.165) is 0 Å². The van der Waals surface area contributed by atoms with E-state index in [1.807, 2.05) is 0 Å². The molecule has 0 bridgehead atoms. The number of nitrogens with zero attached hydrogens (tertiary/aromatic N) is 1. The second-order valence-corrected chi connectivity index (χ2v) is 5.10. The fraction of sp³-hybridized carbons (Fsp3) is 0. The van der Waals surface area contributed by atoms with Crippen molar-refractivity contribution in [3.05, 3.63) is 58.1 Å². The van der Waals surface area contributed by atoms with Crippen molar-refractivity contribution in [2.24, 2.45) is 0 Å². The zero-order chi connectivity index (χ0) is 15.4. The van der Waals surface area contributed by atoms with E-state index >= 15 is 0 Å². The standard InChI is InChI=1S/C13H8Cl2FN3OS/c14-10-5-7(6-11(15)18-10)12(20)19-13(21)17-9-3-1-8(16)2-4-9/h1-6H,(H2,17,19,20,21). The highest BCUT2D eigenvalue weighted by atomic mass is 35.5. The van der Waals surface area contributed by atoms with E-state index < -0.39 is 5.91 Å². The van der Waals surface area contributed by atoms with Crippen LogP contribution in [0.15, 0.2) is 36.4 Å². The minimum Gasteiger partial charge on any atom is -0.332 e. The average molecular weight is 344 g/mol. The molecule has 0 atom stereocenters. The largest absolute Gasteiger partial charge is 0.332 e. The van der Waals surface area contributed by atoms with Crippen molar-refractivity contribution < 1.29 is 9.18 Å². The van der Waals surface area contributed by atoms with Crippen molar-refractivity contribution in [2.45, 2.75) is 0 Å². The first-order valence-corrected chi connectivity index (χ1v) is 6.81. The van der Waals surface area contributed by atoms with Crippen LogP contribution in [-0.2, 0) is 0 Å². The van der Waals surface area contributed by atoms with Gasteiger partial charge in [0.25, 0.3) is 5.91 Å². The second-order valence-electron chi connectivity index (χ2n) is 3.92. The second kappa shape index (κ2) is 6.80. The number of benzene rings is 1. The maximum absolute atomic E-state index is 12.8. The van der Waals surface area contributed by atoms with Crippen molar-refractivity contribution in [1.82, 2.24) is 10.3 Å². The molecule has 0 aliphatic rings. The van der Waals surface area contributed by atoms with Gasteiger partial charge in [-0.3, -0.25) is 10.1 Å². The Morgan fingerprint density at radius 2 is 1.71 bits per heavy atom. The summed E-state index contributed by atoms with van der Waals surface area (Å²) in [6.07, 6.45) is 0. The summed E-state index contributed by atoms with van der Waals surface area (Å²) in [5, 5.41) is 5.48. The Labute approximate surface area is 135 Å². The van der Waals surface area contributed by atoms with Gasteiger partial charge in [-0.15, -0.1) is 0 Å². The summed E-state index contributed by atoms with van der Waals surface area (Å²) in [4.78, 5) is 15.7. The molecule has 0 saturated carbocycles. The van der Waals surface area contributed by atoms with Gasteiger partial charge < -0.3 is 5.32 Å². The molecule has 1 aromatic heterocycles. The molecule has 4 nitrogen and oxygen atoms in total. The van der Waals surface area contributed by atoms with Crippen molar-refractivity contribution in [3.63, 3.8) is 0 Å². The highest BCUT2D eigenvalue weighted by Crippen LogP contribution is 2.14. The lowest BCUT2D eigenvalue weighted by molar-refractivity contribution is 0.0977. The van der Waals surface area contributed by atoms with Crippen LogP contribution in [0.2, 0.25) is 10.3 Å². The van der Waals surface area contributed by atoms with Crippen LogP contribution in [0, 0.1) is 5.82 Å². The van der Waals surface area contributed by atoms with Crippen molar-refractivity contribution >= 4 is 52.1 Å². The van der Waals surface area contributed by atoms with E-state index in [0.29, 0.717) is 5.69 Å². The molecule has 2 aromatic rings. The molecule has 108 valence electrons. The third-order valence-corrected chi connectivity index (χ3v) is 2.95. The number of pyridine rings is 1. The van der Waals surface area contributed by atoms with E-state index in [9.17, 15) is 9.18 Å². The first-order chi connectivity index (χ1) is 9.94. The van der Waals surface area contributed by atoms with Gasteiger partial charge in [-0.05, 0) is 48.6 Å². The number of halogens is 3. The molecule has 0 fully saturated rings. The third-order valence-electron chi connectivity index (χ3n) is 2.35. The van der Waals surface area contributed by atoms with Crippen LogP contribution in [0.5, 0.6) is 0 Å². The zero-order valence-corrected chi connectivity index (χ0v) is 12.7. The van der Waals surface area contributed by atoms with Gasteiger partial charge >= 0.3 is 0 Å². The van der Waals surface area contributed by atoms with Crippen LogP contribution in [0.3, 0.4) is 0 Å². The average Bonchev–Trinajstić information content (AvgIpc) is 2.40. The number of hydrogen-bond donors (Lipinski definition) is 2. The van der Waals surface area contributed by atoms with E-state index in [4.69, 9.17) is 35.4 Å². The van der Waals surface area contributed by atoms with Crippen LogP contribution in [0.4, 0.5) is 10.1 Å². The number of aromatic nitrogens is 1. The molecule has 1 heterocycles. The third kappa shape index (κ3) is 4.63. The van der Waals surface area contributed by atoms with Gasteiger partial charge in [-0.25, -0.2) is 9.37 Å². The minimum atomic E-state index is -0.485. The molecular formula is C13H8Cl2FN3OS. The molecule has 1 amide bonds. The normalized spacial score (nSPS) is 10.0. The van der Waals surface area contributed by atoms with Crippen molar-refractivity contribution in [1.29, 1.82) is 0 Å². The summed E-state index contributed by atoms with van der Waals surface area (Å²) in [6, 6.07) is 8.26. The lowest BCUT2D eigenvalue weighted by atomic mass is 10.2. The molecule has 21 heavy (non-hydrogen) atoms.